The van der Waals surface area contributed by atoms with Gasteiger partial charge in [0.05, 0.1) is 19.6 Å². The minimum atomic E-state index is -3.72. The van der Waals surface area contributed by atoms with Gasteiger partial charge in [0.2, 0.25) is 10.0 Å². The topological polar surface area (TPSA) is 55.8 Å². The lowest BCUT2D eigenvalue weighted by Gasteiger charge is -2.20. The molecule has 0 atom stereocenters. The summed E-state index contributed by atoms with van der Waals surface area (Å²) in [7, 11) is 0.646. The molecule has 1 aromatic rings. The Hall–Kier alpha value is -0.530. The van der Waals surface area contributed by atoms with Crippen LogP contribution in [0.1, 0.15) is 5.56 Å². The Bertz CT molecular complexity index is 563. The highest BCUT2D eigenvalue weighted by molar-refractivity contribution is 7.89. The molecule has 0 aliphatic carbocycles. The van der Waals surface area contributed by atoms with E-state index < -0.39 is 10.0 Å². The molecular weight excluding hydrogens is 325 g/mol. The Balaban J connectivity index is 3.33. The summed E-state index contributed by atoms with van der Waals surface area (Å²) in [5.41, 5.74) is 0.528. The third-order valence-corrected chi connectivity index (χ3v) is 5.11. The highest BCUT2D eigenvalue weighted by atomic mass is 35.5. The number of methoxy groups -OCH3 is 2. The summed E-state index contributed by atoms with van der Waals surface area (Å²) in [6, 6.07) is 2.94. The van der Waals surface area contributed by atoms with Gasteiger partial charge in [-0.3, -0.25) is 0 Å². The van der Waals surface area contributed by atoms with Gasteiger partial charge in [-0.05, 0) is 12.1 Å². The van der Waals surface area contributed by atoms with Gasteiger partial charge in [-0.15, -0.1) is 11.6 Å². The quantitative estimate of drug-likeness (QED) is 0.714. The van der Waals surface area contributed by atoms with E-state index in [9.17, 15) is 8.42 Å². The molecule has 0 heterocycles. The molecule has 0 aromatic heterocycles. The van der Waals surface area contributed by atoms with Crippen molar-refractivity contribution in [3.63, 3.8) is 0 Å². The first-order valence-electron chi connectivity index (χ1n) is 5.76. The van der Waals surface area contributed by atoms with E-state index in [1.165, 1.54) is 31.6 Å². The monoisotopic (exact) mass is 341 g/mol. The van der Waals surface area contributed by atoms with Gasteiger partial charge in [0.15, 0.2) is 0 Å². The van der Waals surface area contributed by atoms with Crippen molar-refractivity contribution in [3.8, 4) is 5.75 Å². The molecule has 114 valence electrons. The number of alkyl halides is 1. The van der Waals surface area contributed by atoms with Gasteiger partial charge < -0.3 is 9.47 Å². The molecule has 0 N–H and O–H groups in total. The highest BCUT2D eigenvalue weighted by Gasteiger charge is 2.26. The Morgan fingerprint density at radius 2 is 1.95 bits per heavy atom. The predicted molar refractivity (Wildman–Crippen MR) is 79.3 cm³/mol. The van der Waals surface area contributed by atoms with E-state index in [0.29, 0.717) is 17.2 Å². The van der Waals surface area contributed by atoms with Gasteiger partial charge in [-0.25, -0.2) is 8.42 Å². The summed E-state index contributed by atoms with van der Waals surface area (Å²) < 4.78 is 36.3. The molecule has 5 nitrogen and oxygen atoms in total. The molecule has 8 heteroatoms. The number of sulfonamides is 1. The largest absolute Gasteiger partial charge is 0.495 e. The second-order valence-corrected chi connectivity index (χ2v) is 6.77. The summed E-state index contributed by atoms with van der Waals surface area (Å²) in [5, 5.41) is 0.292. The molecule has 0 radical (unpaired) electrons. The zero-order valence-electron chi connectivity index (χ0n) is 11.5. The number of hydrogen-bond acceptors (Lipinski definition) is 4. The van der Waals surface area contributed by atoms with Gasteiger partial charge in [-0.2, -0.15) is 4.31 Å². The van der Waals surface area contributed by atoms with Crippen LogP contribution in [0.4, 0.5) is 0 Å². The Morgan fingerprint density at radius 3 is 2.45 bits per heavy atom. The molecule has 0 fully saturated rings. The number of benzene rings is 1. The van der Waals surface area contributed by atoms with Crippen LogP contribution in [-0.2, 0) is 20.6 Å². The first-order chi connectivity index (χ1) is 9.38. The number of rotatable bonds is 7. The Labute approximate surface area is 129 Å². The molecule has 0 aliphatic heterocycles. The number of ether oxygens (including phenoxy) is 2. The van der Waals surface area contributed by atoms with Crippen LogP contribution in [-0.4, -0.2) is 47.1 Å². The number of likely N-dealkylation sites (N-methyl/N-ethyl adjacent to an activating group) is 1. The third kappa shape index (κ3) is 3.77. The van der Waals surface area contributed by atoms with Crippen molar-refractivity contribution in [2.24, 2.45) is 0 Å². The van der Waals surface area contributed by atoms with E-state index in [1.54, 1.807) is 6.07 Å². The van der Waals surface area contributed by atoms with Crippen molar-refractivity contribution in [1.82, 2.24) is 4.31 Å². The van der Waals surface area contributed by atoms with Crippen molar-refractivity contribution in [2.45, 2.75) is 10.8 Å². The lowest BCUT2D eigenvalue weighted by Crippen LogP contribution is -2.30. The standard InChI is InChI=1S/C12H17Cl2NO4S/c1-15(4-5-18-2)20(16,17)11-7-10(14)6-9(8-13)12(11)19-3/h6-7H,4-5,8H2,1-3H3. The molecule has 20 heavy (non-hydrogen) atoms. The zero-order chi connectivity index (χ0) is 15.3. The average Bonchev–Trinajstić information content (AvgIpc) is 2.43. The van der Waals surface area contributed by atoms with Crippen LogP contribution < -0.4 is 4.74 Å². The van der Waals surface area contributed by atoms with E-state index in [4.69, 9.17) is 32.7 Å². The Morgan fingerprint density at radius 1 is 1.30 bits per heavy atom. The molecule has 0 saturated heterocycles. The fraction of sp³-hybridized carbons (Fsp3) is 0.500. The van der Waals surface area contributed by atoms with Crippen LogP contribution in [0.25, 0.3) is 0 Å². The first-order valence-corrected chi connectivity index (χ1v) is 8.11. The van der Waals surface area contributed by atoms with Crippen LogP contribution in [0.15, 0.2) is 17.0 Å². The molecule has 1 aromatic carbocycles. The number of halogens is 2. The molecule has 0 unspecified atom stereocenters. The van der Waals surface area contributed by atoms with Crippen molar-refractivity contribution in [1.29, 1.82) is 0 Å². The van der Waals surface area contributed by atoms with E-state index in [2.05, 4.69) is 0 Å². The van der Waals surface area contributed by atoms with Crippen LogP contribution >= 0.6 is 23.2 Å². The molecule has 0 bridgehead atoms. The molecule has 0 spiro atoms. The normalized spacial score (nSPS) is 11.9. The van der Waals surface area contributed by atoms with Crippen LogP contribution in [0, 0.1) is 0 Å². The SMILES string of the molecule is COCCN(C)S(=O)(=O)c1cc(Cl)cc(CCl)c1OC. The lowest BCUT2D eigenvalue weighted by molar-refractivity contribution is 0.185. The zero-order valence-corrected chi connectivity index (χ0v) is 13.8. The maximum absolute atomic E-state index is 12.5. The second kappa shape index (κ2) is 7.47. The highest BCUT2D eigenvalue weighted by Crippen LogP contribution is 2.34. The Kier molecular flexibility index (Phi) is 6.54. The summed E-state index contributed by atoms with van der Waals surface area (Å²) >= 11 is 11.8. The molecule has 0 saturated carbocycles. The fourth-order valence-corrected chi connectivity index (χ4v) is 3.53. The predicted octanol–water partition coefficient (Wildman–Crippen LogP) is 2.35. The summed E-state index contributed by atoms with van der Waals surface area (Å²) in [4.78, 5) is 0.00162. The van der Waals surface area contributed by atoms with Crippen LogP contribution in [0.2, 0.25) is 5.02 Å². The molecule has 1 rings (SSSR count). The number of nitrogens with zero attached hydrogens (tertiary/aromatic N) is 1. The minimum Gasteiger partial charge on any atom is -0.495 e. The van der Waals surface area contributed by atoms with Gasteiger partial charge in [-0.1, -0.05) is 11.6 Å². The molecular formula is C12H17Cl2NO4S. The van der Waals surface area contributed by atoms with Gasteiger partial charge >= 0.3 is 0 Å². The first kappa shape index (κ1) is 17.5. The van der Waals surface area contributed by atoms with Crippen molar-refractivity contribution < 1.29 is 17.9 Å². The molecule has 0 aliphatic rings. The van der Waals surface area contributed by atoms with Crippen molar-refractivity contribution in [2.75, 3.05) is 34.4 Å². The summed E-state index contributed by atoms with van der Waals surface area (Å²) in [6.07, 6.45) is 0. The number of hydrogen-bond donors (Lipinski definition) is 0. The smallest absolute Gasteiger partial charge is 0.246 e. The van der Waals surface area contributed by atoms with E-state index in [-0.39, 0.29) is 23.1 Å². The van der Waals surface area contributed by atoms with Crippen molar-refractivity contribution >= 4 is 33.2 Å². The van der Waals surface area contributed by atoms with Crippen LogP contribution in [0.5, 0.6) is 5.75 Å². The molecule has 0 amide bonds. The van der Waals surface area contributed by atoms with Gasteiger partial charge in [0.25, 0.3) is 0 Å². The maximum Gasteiger partial charge on any atom is 0.246 e. The van der Waals surface area contributed by atoms with Crippen molar-refractivity contribution in [3.05, 3.63) is 22.7 Å². The summed E-state index contributed by atoms with van der Waals surface area (Å²) in [6.45, 7) is 0.520. The van der Waals surface area contributed by atoms with E-state index >= 15 is 0 Å². The van der Waals surface area contributed by atoms with Gasteiger partial charge in [0.1, 0.15) is 10.6 Å². The van der Waals surface area contributed by atoms with E-state index in [1.807, 2.05) is 0 Å². The maximum atomic E-state index is 12.5. The fourth-order valence-electron chi connectivity index (χ4n) is 1.65. The lowest BCUT2D eigenvalue weighted by atomic mass is 10.2. The van der Waals surface area contributed by atoms with E-state index in [0.717, 1.165) is 0 Å². The third-order valence-electron chi connectivity index (χ3n) is 2.74. The van der Waals surface area contributed by atoms with Crippen LogP contribution in [0.3, 0.4) is 0 Å². The second-order valence-electron chi connectivity index (χ2n) is 4.05. The van der Waals surface area contributed by atoms with Gasteiger partial charge in [0, 0.05) is 31.3 Å². The summed E-state index contributed by atoms with van der Waals surface area (Å²) in [5.74, 6) is 0.322. The minimum absolute atomic E-state index is 0.00162. The average molecular weight is 342 g/mol.